The van der Waals surface area contributed by atoms with E-state index in [4.69, 9.17) is 10.5 Å². The van der Waals surface area contributed by atoms with Crippen LogP contribution in [0.15, 0.2) is 18.2 Å². The van der Waals surface area contributed by atoms with Crippen molar-refractivity contribution in [1.29, 1.82) is 0 Å². The molecule has 0 bridgehead atoms. The third kappa shape index (κ3) is 3.64. The van der Waals surface area contributed by atoms with Crippen molar-refractivity contribution in [2.75, 3.05) is 24.2 Å². The van der Waals surface area contributed by atoms with Gasteiger partial charge in [0.15, 0.2) is 0 Å². The van der Waals surface area contributed by atoms with Crippen molar-refractivity contribution in [2.45, 2.75) is 45.1 Å². The van der Waals surface area contributed by atoms with Crippen molar-refractivity contribution < 1.29 is 4.74 Å². The van der Waals surface area contributed by atoms with E-state index in [0.717, 1.165) is 30.1 Å². The molecule has 3 nitrogen and oxygen atoms in total. The summed E-state index contributed by atoms with van der Waals surface area (Å²) in [5, 5.41) is 3.34. The molecule has 0 amide bonds. The monoisotopic (exact) mass is 248 g/mol. The van der Waals surface area contributed by atoms with Gasteiger partial charge in [-0.25, -0.2) is 0 Å². The van der Waals surface area contributed by atoms with E-state index >= 15 is 0 Å². The van der Waals surface area contributed by atoms with Crippen LogP contribution < -0.4 is 11.1 Å². The van der Waals surface area contributed by atoms with Crippen LogP contribution in [0.1, 0.15) is 37.7 Å². The number of benzene rings is 1. The highest BCUT2D eigenvalue weighted by atomic mass is 16.5. The molecule has 3 N–H and O–H groups in total. The molecule has 0 aromatic heterocycles. The molecule has 18 heavy (non-hydrogen) atoms. The zero-order valence-electron chi connectivity index (χ0n) is 11.2. The predicted octanol–water partition coefficient (Wildman–Crippen LogP) is 3.34. The van der Waals surface area contributed by atoms with Crippen molar-refractivity contribution in [3.8, 4) is 0 Å². The van der Waals surface area contributed by atoms with Crippen molar-refractivity contribution in [3.05, 3.63) is 23.8 Å². The molecule has 1 aliphatic carbocycles. The Bertz CT molecular complexity index is 373. The second kappa shape index (κ2) is 6.64. The van der Waals surface area contributed by atoms with Crippen LogP contribution in [0, 0.1) is 6.92 Å². The predicted molar refractivity (Wildman–Crippen MR) is 76.9 cm³/mol. The largest absolute Gasteiger partial charge is 0.397 e. The summed E-state index contributed by atoms with van der Waals surface area (Å²) in [6.45, 7) is 3.61. The molecule has 0 saturated heterocycles. The molecular weight excluding hydrogens is 224 g/mol. The summed E-state index contributed by atoms with van der Waals surface area (Å²) in [5.41, 5.74) is 8.98. The van der Waals surface area contributed by atoms with E-state index in [0.29, 0.717) is 6.10 Å². The highest BCUT2D eigenvalue weighted by Crippen LogP contribution is 2.22. The van der Waals surface area contributed by atoms with Gasteiger partial charge in [0, 0.05) is 6.54 Å². The number of hydrogen-bond donors (Lipinski definition) is 2. The molecule has 2 rings (SSSR count). The van der Waals surface area contributed by atoms with E-state index in [1.165, 1.54) is 32.1 Å². The number of para-hydroxylation sites is 1. The molecule has 1 aromatic rings. The lowest BCUT2D eigenvalue weighted by Gasteiger charge is -2.22. The van der Waals surface area contributed by atoms with Crippen molar-refractivity contribution in [1.82, 2.24) is 0 Å². The maximum absolute atomic E-state index is 6.00. The molecule has 1 aliphatic rings. The van der Waals surface area contributed by atoms with Crippen molar-refractivity contribution >= 4 is 11.4 Å². The standard InChI is InChI=1S/C15H24N2O/c1-12-6-5-9-14(15(12)16)17-10-11-18-13-7-3-2-4-8-13/h5-6,9,13,17H,2-4,7-8,10-11,16H2,1H3. The molecule has 1 aromatic carbocycles. The number of nitrogens with two attached hydrogens (primary N) is 1. The van der Waals surface area contributed by atoms with Gasteiger partial charge >= 0.3 is 0 Å². The molecular formula is C15H24N2O. The molecule has 1 fully saturated rings. The van der Waals surface area contributed by atoms with E-state index in [-0.39, 0.29) is 0 Å². The fourth-order valence-corrected chi connectivity index (χ4v) is 2.48. The first-order valence-corrected chi connectivity index (χ1v) is 6.98. The average molecular weight is 248 g/mol. The maximum atomic E-state index is 6.00. The fourth-order valence-electron chi connectivity index (χ4n) is 2.48. The van der Waals surface area contributed by atoms with E-state index in [2.05, 4.69) is 5.32 Å². The summed E-state index contributed by atoms with van der Waals surface area (Å²) < 4.78 is 5.87. The minimum atomic E-state index is 0.482. The molecule has 3 heteroatoms. The molecule has 1 saturated carbocycles. The van der Waals surface area contributed by atoms with Gasteiger partial charge < -0.3 is 15.8 Å². The van der Waals surface area contributed by atoms with Crippen molar-refractivity contribution in [2.24, 2.45) is 0 Å². The van der Waals surface area contributed by atoms with Crippen LogP contribution in [-0.4, -0.2) is 19.3 Å². The average Bonchev–Trinajstić information content (AvgIpc) is 2.40. The first-order chi connectivity index (χ1) is 8.77. The summed E-state index contributed by atoms with van der Waals surface area (Å²) in [4.78, 5) is 0. The number of ether oxygens (including phenoxy) is 1. The molecule has 0 radical (unpaired) electrons. The van der Waals surface area contributed by atoms with Gasteiger partial charge in [-0.1, -0.05) is 31.4 Å². The number of nitrogen functional groups attached to an aromatic ring is 1. The van der Waals surface area contributed by atoms with E-state index in [9.17, 15) is 0 Å². The van der Waals surface area contributed by atoms with Gasteiger partial charge in [0.25, 0.3) is 0 Å². The summed E-state index contributed by atoms with van der Waals surface area (Å²) >= 11 is 0. The normalized spacial score (nSPS) is 16.7. The third-order valence-corrected chi connectivity index (χ3v) is 3.65. The van der Waals surface area contributed by atoms with Gasteiger partial charge in [-0.3, -0.25) is 0 Å². The van der Waals surface area contributed by atoms with Crippen LogP contribution >= 0.6 is 0 Å². The highest BCUT2D eigenvalue weighted by molar-refractivity contribution is 5.69. The maximum Gasteiger partial charge on any atom is 0.0642 e. The Balaban J connectivity index is 1.70. The first-order valence-electron chi connectivity index (χ1n) is 6.98. The summed E-state index contributed by atoms with van der Waals surface area (Å²) in [5.74, 6) is 0. The van der Waals surface area contributed by atoms with Crippen LogP contribution in [0.25, 0.3) is 0 Å². The lowest BCUT2D eigenvalue weighted by molar-refractivity contribution is 0.0347. The second-order valence-electron chi connectivity index (χ2n) is 5.09. The van der Waals surface area contributed by atoms with E-state index in [1.54, 1.807) is 0 Å². The number of nitrogens with one attached hydrogen (secondary N) is 1. The number of anilines is 2. The topological polar surface area (TPSA) is 47.3 Å². The van der Waals surface area contributed by atoms with Gasteiger partial charge in [0.2, 0.25) is 0 Å². The third-order valence-electron chi connectivity index (χ3n) is 3.65. The summed E-state index contributed by atoms with van der Waals surface area (Å²) in [6, 6.07) is 6.07. The minimum Gasteiger partial charge on any atom is -0.397 e. The minimum absolute atomic E-state index is 0.482. The SMILES string of the molecule is Cc1cccc(NCCOC2CCCCC2)c1N. The number of hydrogen-bond acceptors (Lipinski definition) is 3. The number of rotatable bonds is 5. The molecule has 100 valence electrons. The van der Waals surface area contributed by atoms with Gasteiger partial charge in [0.05, 0.1) is 24.1 Å². The van der Waals surface area contributed by atoms with Crippen molar-refractivity contribution in [3.63, 3.8) is 0 Å². The van der Waals surface area contributed by atoms with Gasteiger partial charge in [0.1, 0.15) is 0 Å². The summed E-state index contributed by atoms with van der Waals surface area (Å²) in [7, 11) is 0. The van der Waals surface area contributed by atoms with Crippen LogP contribution in [0.4, 0.5) is 11.4 Å². The smallest absolute Gasteiger partial charge is 0.0642 e. The van der Waals surface area contributed by atoms with Crippen LogP contribution in [0.5, 0.6) is 0 Å². The van der Waals surface area contributed by atoms with Crippen LogP contribution in [0.2, 0.25) is 0 Å². The molecule has 0 atom stereocenters. The van der Waals surface area contributed by atoms with Gasteiger partial charge in [-0.15, -0.1) is 0 Å². The zero-order chi connectivity index (χ0) is 12.8. The lowest BCUT2D eigenvalue weighted by Crippen LogP contribution is -2.20. The van der Waals surface area contributed by atoms with Gasteiger partial charge in [-0.2, -0.15) is 0 Å². The van der Waals surface area contributed by atoms with E-state index < -0.39 is 0 Å². The fraction of sp³-hybridized carbons (Fsp3) is 0.600. The Kier molecular flexibility index (Phi) is 4.88. The number of aryl methyl sites for hydroxylation is 1. The Hall–Kier alpha value is -1.22. The second-order valence-corrected chi connectivity index (χ2v) is 5.09. The Morgan fingerprint density at radius 3 is 2.83 bits per heavy atom. The highest BCUT2D eigenvalue weighted by Gasteiger charge is 2.13. The van der Waals surface area contributed by atoms with Gasteiger partial charge in [-0.05, 0) is 31.4 Å². The Labute approximate surface area is 110 Å². The molecule has 0 spiro atoms. The molecule has 0 heterocycles. The van der Waals surface area contributed by atoms with Crippen LogP contribution in [-0.2, 0) is 4.74 Å². The Morgan fingerprint density at radius 1 is 1.28 bits per heavy atom. The first kappa shape index (κ1) is 13.2. The Morgan fingerprint density at radius 2 is 2.06 bits per heavy atom. The molecule has 0 unspecified atom stereocenters. The molecule has 0 aliphatic heterocycles. The van der Waals surface area contributed by atoms with Crippen LogP contribution in [0.3, 0.4) is 0 Å². The quantitative estimate of drug-likeness (QED) is 0.620. The summed E-state index contributed by atoms with van der Waals surface area (Å²) in [6.07, 6.45) is 6.96. The van der Waals surface area contributed by atoms with E-state index in [1.807, 2.05) is 25.1 Å². The zero-order valence-corrected chi connectivity index (χ0v) is 11.2. The lowest BCUT2D eigenvalue weighted by atomic mass is 9.98.